The first-order valence-electron chi connectivity index (χ1n) is 9.59. The molecule has 1 N–H and O–H groups in total. The fourth-order valence-electron chi connectivity index (χ4n) is 2.98. The largest absolute Gasteiger partial charge is 0.417 e. The van der Waals surface area contributed by atoms with Crippen molar-refractivity contribution in [2.24, 2.45) is 0 Å². The molecule has 3 heterocycles. The molecule has 11 heteroatoms. The Labute approximate surface area is 177 Å². The van der Waals surface area contributed by atoms with Gasteiger partial charge in [-0.05, 0) is 37.6 Å². The van der Waals surface area contributed by atoms with Gasteiger partial charge in [0.15, 0.2) is 5.69 Å². The fourth-order valence-corrected chi connectivity index (χ4v) is 2.98. The van der Waals surface area contributed by atoms with E-state index in [2.05, 4.69) is 25.5 Å². The van der Waals surface area contributed by atoms with Crippen LogP contribution in [0, 0.1) is 6.92 Å². The molecule has 3 aromatic heterocycles. The Morgan fingerprint density at radius 1 is 1.19 bits per heavy atom. The predicted molar refractivity (Wildman–Crippen MR) is 108 cm³/mol. The molecular weight excluding hydrogens is 411 g/mol. The minimum atomic E-state index is -4.44. The highest BCUT2D eigenvalue weighted by Gasteiger charge is 2.30. The summed E-state index contributed by atoms with van der Waals surface area (Å²) in [5.41, 5.74) is 0.528. The quantitative estimate of drug-likeness (QED) is 0.615. The zero-order chi connectivity index (χ0) is 22.6. The van der Waals surface area contributed by atoms with E-state index >= 15 is 0 Å². The number of nitrogens with one attached hydrogen (secondary N) is 1. The standard InChI is InChI=1S/C20H22F3N7O/c1-4-15(12-25-17-8-6-14(11-24-17)20(21,22)23)29(3)19(31)18-16(7-5-13(2)28-18)30-26-9-10-27-30/h5-11,15H,4,12H2,1-3H3,(H,24,25). The molecule has 0 spiro atoms. The summed E-state index contributed by atoms with van der Waals surface area (Å²) < 4.78 is 38.1. The summed E-state index contributed by atoms with van der Waals surface area (Å²) in [5, 5.41) is 11.1. The van der Waals surface area contributed by atoms with Gasteiger partial charge in [0.25, 0.3) is 5.91 Å². The van der Waals surface area contributed by atoms with Crippen molar-refractivity contribution in [2.75, 3.05) is 18.9 Å². The van der Waals surface area contributed by atoms with E-state index < -0.39 is 11.7 Å². The van der Waals surface area contributed by atoms with Crippen LogP contribution in [-0.4, -0.2) is 55.4 Å². The maximum atomic E-state index is 13.2. The van der Waals surface area contributed by atoms with Gasteiger partial charge in [0.05, 0.1) is 18.0 Å². The van der Waals surface area contributed by atoms with Gasteiger partial charge >= 0.3 is 6.18 Å². The Morgan fingerprint density at radius 2 is 1.90 bits per heavy atom. The molecule has 8 nitrogen and oxygen atoms in total. The highest BCUT2D eigenvalue weighted by atomic mass is 19.4. The Balaban J connectivity index is 1.74. The average Bonchev–Trinajstić information content (AvgIpc) is 3.27. The van der Waals surface area contributed by atoms with Crippen molar-refractivity contribution in [3.63, 3.8) is 0 Å². The van der Waals surface area contributed by atoms with Crippen molar-refractivity contribution in [1.82, 2.24) is 29.9 Å². The number of carbonyl (C=O) groups excluding carboxylic acids is 1. The van der Waals surface area contributed by atoms with Crippen LogP contribution >= 0.6 is 0 Å². The third-order valence-electron chi connectivity index (χ3n) is 4.80. The smallest absolute Gasteiger partial charge is 0.368 e. The Kier molecular flexibility index (Phi) is 6.52. The van der Waals surface area contributed by atoms with Crippen LogP contribution in [0.5, 0.6) is 0 Å². The van der Waals surface area contributed by atoms with E-state index in [1.807, 2.05) is 6.92 Å². The maximum Gasteiger partial charge on any atom is 0.417 e. The fraction of sp³-hybridized carbons (Fsp3) is 0.350. The molecule has 0 fully saturated rings. The molecule has 0 radical (unpaired) electrons. The summed E-state index contributed by atoms with van der Waals surface area (Å²) >= 11 is 0. The Hall–Kier alpha value is -3.50. The van der Waals surface area contributed by atoms with Crippen molar-refractivity contribution >= 4 is 11.7 Å². The number of anilines is 1. The number of hydrogen-bond acceptors (Lipinski definition) is 6. The van der Waals surface area contributed by atoms with Crippen LogP contribution in [0.4, 0.5) is 19.0 Å². The summed E-state index contributed by atoms with van der Waals surface area (Å²) in [4.78, 5) is 24.3. The van der Waals surface area contributed by atoms with Gasteiger partial charge < -0.3 is 10.2 Å². The van der Waals surface area contributed by atoms with E-state index in [1.54, 1.807) is 31.0 Å². The van der Waals surface area contributed by atoms with Crippen LogP contribution in [0.3, 0.4) is 0 Å². The lowest BCUT2D eigenvalue weighted by molar-refractivity contribution is -0.137. The highest BCUT2D eigenvalue weighted by Crippen LogP contribution is 2.28. The predicted octanol–water partition coefficient (Wildman–Crippen LogP) is 3.35. The molecule has 0 aromatic carbocycles. The number of nitrogens with zero attached hydrogens (tertiary/aromatic N) is 6. The first-order valence-corrected chi connectivity index (χ1v) is 9.59. The van der Waals surface area contributed by atoms with E-state index in [4.69, 9.17) is 0 Å². The number of aryl methyl sites for hydroxylation is 1. The number of carbonyl (C=O) groups is 1. The summed E-state index contributed by atoms with van der Waals surface area (Å²) in [6.07, 6.45) is -0.0391. The Morgan fingerprint density at radius 3 is 2.48 bits per heavy atom. The number of amides is 1. The van der Waals surface area contributed by atoms with Gasteiger partial charge in [-0.3, -0.25) is 4.79 Å². The molecule has 3 aromatic rings. The minimum Gasteiger partial charge on any atom is -0.368 e. The number of pyridine rings is 2. The van der Waals surface area contributed by atoms with Gasteiger partial charge in [0.1, 0.15) is 11.5 Å². The van der Waals surface area contributed by atoms with E-state index in [0.717, 1.165) is 12.3 Å². The number of likely N-dealkylation sites (N-methyl/N-ethyl adjacent to an activating group) is 1. The molecule has 0 aliphatic heterocycles. The van der Waals surface area contributed by atoms with E-state index in [-0.39, 0.29) is 17.6 Å². The van der Waals surface area contributed by atoms with Gasteiger partial charge in [-0.1, -0.05) is 6.92 Å². The van der Waals surface area contributed by atoms with E-state index in [0.29, 0.717) is 30.2 Å². The molecule has 0 aliphatic carbocycles. The molecule has 1 amide bonds. The number of rotatable bonds is 7. The second-order valence-corrected chi connectivity index (χ2v) is 6.93. The van der Waals surface area contributed by atoms with Gasteiger partial charge in [-0.2, -0.15) is 23.4 Å². The monoisotopic (exact) mass is 433 g/mol. The normalized spacial score (nSPS) is 12.5. The van der Waals surface area contributed by atoms with E-state index in [9.17, 15) is 18.0 Å². The molecule has 0 saturated heterocycles. The van der Waals surface area contributed by atoms with Crippen molar-refractivity contribution in [3.05, 3.63) is 59.8 Å². The van der Waals surface area contributed by atoms with Crippen LogP contribution in [0.1, 0.15) is 35.1 Å². The Bertz CT molecular complexity index is 1020. The third kappa shape index (κ3) is 5.16. The van der Waals surface area contributed by atoms with Crippen molar-refractivity contribution < 1.29 is 18.0 Å². The second kappa shape index (κ2) is 9.11. The van der Waals surface area contributed by atoms with Crippen LogP contribution in [0.15, 0.2) is 42.9 Å². The van der Waals surface area contributed by atoms with Gasteiger partial charge in [-0.15, -0.1) is 4.80 Å². The number of halogens is 3. The molecule has 0 bridgehead atoms. The number of aromatic nitrogens is 5. The molecular formula is C20H22F3N7O. The molecule has 0 saturated carbocycles. The first-order chi connectivity index (χ1) is 14.7. The lowest BCUT2D eigenvalue weighted by Gasteiger charge is -2.28. The van der Waals surface area contributed by atoms with Gasteiger partial charge in [0.2, 0.25) is 0 Å². The van der Waals surface area contributed by atoms with Crippen LogP contribution in [-0.2, 0) is 6.18 Å². The highest BCUT2D eigenvalue weighted by molar-refractivity contribution is 5.95. The molecule has 31 heavy (non-hydrogen) atoms. The molecule has 164 valence electrons. The lowest BCUT2D eigenvalue weighted by Crippen LogP contribution is -2.42. The zero-order valence-electron chi connectivity index (χ0n) is 17.3. The van der Waals surface area contributed by atoms with Crippen molar-refractivity contribution in [3.8, 4) is 5.69 Å². The average molecular weight is 433 g/mol. The number of hydrogen-bond donors (Lipinski definition) is 1. The third-order valence-corrected chi connectivity index (χ3v) is 4.80. The van der Waals surface area contributed by atoms with Crippen molar-refractivity contribution in [2.45, 2.75) is 32.5 Å². The minimum absolute atomic E-state index is 0.213. The SMILES string of the molecule is CCC(CNc1ccc(C(F)(F)F)cn1)N(C)C(=O)c1nc(C)ccc1-n1nccn1. The molecule has 1 atom stereocenters. The van der Waals surface area contributed by atoms with Gasteiger partial charge in [-0.25, -0.2) is 9.97 Å². The lowest BCUT2D eigenvalue weighted by atomic mass is 10.1. The van der Waals surface area contributed by atoms with Crippen LogP contribution in [0.2, 0.25) is 0 Å². The summed E-state index contributed by atoms with van der Waals surface area (Å²) in [5.74, 6) is -0.0209. The van der Waals surface area contributed by atoms with Crippen LogP contribution < -0.4 is 5.32 Å². The molecule has 1 unspecified atom stereocenters. The van der Waals surface area contributed by atoms with Crippen molar-refractivity contribution in [1.29, 1.82) is 0 Å². The molecule has 0 aliphatic rings. The topological polar surface area (TPSA) is 88.8 Å². The summed E-state index contributed by atoms with van der Waals surface area (Å²) in [6, 6.07) is 5.48. The first kappa shape index (κ1) is 22.2. The summed E-state index contributed by atoms with van der Waals surface area (Å²) in [6.45, 7) is 4.00. The van der Waals surface area contributed by atoms with E-state index in [1.165, 1.54) is 23.3 Å². The number of alkyl halides is 3. The van der Waals surface area contributed by atoms with Crippen LogP contribution in [0.25, 0.3) is 5.69 Å². The van der Waals surface area contributed by atoms with Gasteiger partial charge in [0, 0.05) is 31.5 Å². The molecule has 3 rings (SSSR count). The second-order valence-electron chi connectivity index (χ2n) is 6.93. The zero-order valence-corrected chi connectivity index (χ0v) is 17.3. The maximum absolute atomic E-state index is 13.2. The summed E-state index contributed by atoms with van der Waals surface area (Å²) in [7, 11) is 1.66.